The zero-order chi connectivity index (χ0) is 17.9. The minimum atomic E-state index is -3.99. The van der Waals surface area contributed by atoms with E-state index in [0.717, 1.165) is 9.87 Å². The van der Waals surface area contributed by atoms with Crippen LogP contribution in [0.5, 0.6) is 5.75 Å². The molecule has 0 aromatic heterocycles. The Morgan fingerprint density at radius 3 is 2.54 bits per heavy atom. The predicted molar refractivity (Wildman–Crippen MR) is 90.3 cm³/mol. The molecule has 7 nitrogen and oxygen atoms in total. The number of ether oxygens (including phenoxy) is 2. The molecule has 8 heteroatoms. The Balaban J connectivity index is 2.55. The molecule has 0 saturated carbocycles. The lowest BCUT2D eigenvalue weighted by atomic mass is 10.1. The van der Waals surface area contributed by atoms with E-state index in [1.54, 1.807) is 39.2 Å². The number of esters is 1. The molecule has 0 amide bonds. The third kappa shape index (κ3) is 3.43. The molecule has 130 valence electrons. The van der Waals surface area contributed by atoms with Crippen molar-refractivity contribution >= 4 is 21.9 Å². The third-order valence-corrected chi connectivity index (χ3v) is 4.94. The fraction of sp³-hybridized carbons (Fsp3) is 0.375. The molecule has 0 bridgehead atoms. The number of hydrogen-bond donors (Lipinski definition) is 0. The Bertz CT molecular complexity index is 812. The van der Waals surface area contributed by atoms with E-state index in [9.17, 15) is 13.2 Å². The topological polar surface area (TPSA) is 85.3 Å². The molecular weight excluding hydrogens is 332 g/mol. The number of carbonyl (C=O) groups is 1. The molecule has 1 heterocycles. The normalized spacial score (nSPS) is 16.2. The number of rotatable bonds is 5. The monoisotopic (exact) mass is 352 g/mol. The molecule has 0 radical (unpaired) electrons. The van der Waals surface area contributed by atoms with E-state index in [4.69, 9.17) is 9.47 Å². The van der Waals surface area contributed by atoms with Gasteiger partial charge in [0, 0.05) is 12.1 Å². The zero-order valence-electron chi connectivity index (χ0n) is 14.1. The average molecular weight is 352 g/mol. The van der Waals surface area contributed by atoms with Crippen molar-refractivity contribution in [1.29, 1.82) is 0 Å². The van der Waals surface area contributed by atoms with Gasteiger partial charge in [0.25, 0.3) is 0 Å². The van der Waals surface area contributed by atoms with Crippen molar-refractivity contribution in [1.82, 2.24) is 4.31 Å². The van der Waals surface area contributed by atoms with E-state index in [0.29, 0.717) is 11.3 Å². The van der Waals surface area contributed by atoms with Gasteiger partial charge in [-0.1, -0.05) is 0 Å². The van der Waals surface area contributed by atoms with Gasteiger partial charge in [-0.05, 0) is 50.6 Å². The van der Waals surface area contributed by atoms with Gasteiger partial charge in [0.2, 0.25) is 0 Å². The molecule has 24 heavy (non-hydrogen) atoms. The maximum absolute atomic E-state index is 12.4. The van der Waals surface area contributed by atoms with Crippen molar-refractivity contribution in [2.24, 2.45) is 4.40 Å². The van der Waals surface area contributed by atoms with Gasteiger partial charge >= 0.3 is 16.2 Å². The van der Waals surface area contributed by atoms with Gasteiger partial charge < -0.3 is 9.47 Å². The number of benzene rings is 1. The molecular formula is C16H20N2O5S. The highest BCUT2D eigenvalue weighted by atomic mass is 32.2. The fourth-order valence-corrected chi connectivity index (χ4v) is 3.61. The van der Waals surface area contributed by atoms with E-state index in [-0.39, 0.29) is 24.6 Å². The second-order valence-corrected chi connectivity index (χ2v) is 6.57. The number of hydrogen-bond acceptors (Lipinski definition) is 5. The Morgan fingerprint density at radius 1 is 1.29 bits per heavy atom. The molecule has 0 N–H and O–H groups in total. The predicted octanol–water partition coefficient (Wildman–Crippen LogP) is 1.82. The van der Waals surface area contributed by atoms with Crippen molar-refractivity contribution in [2.75, 3.05) is 20.3 Å². The van der Waals surface area contributed by atoms with Gasteiger partial charge in [-0.15, -0.1) is 4.40 Å². The van der Waals surface area contributed by atoms with Crippen LogP contribution in [0.15, 0.2) is 34.4 Å². The first kappa shape index (κ1) is 18.0. The first-order chi connectivity index (χ1) is 11.3. The Hall–Kier alpha value is -2.35. The number of nitrogens with zero attached hydrogens (tertiary/aromatic N) is 2. The summed E-state index contributed by atoms with van der Waals surface area (Å²) in [6, 6.07) is 5.18. The highest BCUT2D eigenvalue weighted by molar-refractivity contribution is 7.88. The summed E-state index contributed by atoms with van der Waals surface area (Å²) in [4.78, 5) is 12.1. The van der Waals surface area contributed by atoms with Crippen LogP contribution in [-0.4, -0.2) is 44.7 Å². The van der Waals surface area contributed by atoms with Crippen LogP contribution in [-0.2, 0) is 19.7 Å². The van der Waals surface area contributed by atoms with Crippen LogP contribution in [0.1, 0.15) is 25.0 Å². The fourth-order valence-electron chi connectivity index (χ4n) is 2.40. The van der Waals surface area contributed by atoms with Crippen molar-refractivity contribution in [3.05, 3.63) is 41.1 Å². The molecule has 0 unspecified atom stereocenters. The number of aryl methyl sites for hydroxylation is 1. The summed E-state index contributed by atoms with van der Waals surface area (Å²) in [6.07, 6.45) is 1.43. The smallest absolute Gasteiger partial charge is 0.355 e. The molecule has 2 rings (SSSR count). The minimum Gasteiger partial charge on any atom is -0.496 e. The van der Waals surface area contributed by atoms with Crippen molar-refractivity contribution in [3.63, 3.8) is 0 Å². The maximum atomic E-state index is 12.4. The van der Waals surface area contributed by atoms with Gasteiger partial charge in [-0.3, -0.25) is 0 Å². The highest BCUT2D eigenvalue weighted by Gasteiger charge is 2.32. The first-order valence-corrected chi connectivity index (χ1v) is 8.90. The number of methoxy groups -OCH3 is 1. The van der Waals surface area contributed by atoms with Crippen LogP contribution in [0.2, 0.25) is 0 Å². The van der Waals surface area contributed by atoms with Gasteiger partial charge in [0.05, 0.1) is 19.4 Å². The molecule has 0 saturated heterocycles. The molecule has 0 aliphatic carbocycles. The molecule has 1 aromatic rings. The largest absolute Gasteiger partial charge is 0.496 e. The van der Waals surface area contributed by atoms with Crippen LogP contribution in [0, 0.1) is 6.92 Å². The minimum absolute atomic E-state index is 0.0437. The van der Waals surface area contributed by atoms with Crippen molar-refractivity contribution < 1.29 is 22.7 Å². The number of likely N-dealkylation sites (N-methyl/N-ethyl adjacent to an activating group) is 1. The van der Waals surface area contributed by atoms with E-state index in [2.05, 4.69) is 4.40 Å². The summed E-state index contributed by atoms with van der Waals surface area (Å²) in [6.45, 7) is 5.37. The molecule has 1 aliphatic heterocycles. The van der Waals surface area contributed by atoms with Gasteiger partial charge in [-0.2, -0.15) is 8.42 Å². The summed E-state index contributed by atoms with van der Waals surface area (Å²) in [5.41, 5.74) is 1.56. The van der Waals surface area contributed by atoms with E-state index in [1.807, 2.05) is 6.92 Å². The maximum Gasteiger partial charge on any atom is 0.355 e. The number of carbonyl (C=O) groups excluding carboxylic acids is 1. The quantitative estimate of drug-likeness (QED) is 0.755. The Morgan fingerprint density at radius 2 is 2.00 bits per heavy atom. The van der Waals surface area contributed by atoms with Gasteiger partial charge in [-0.25, -0.2) is 9.10 Å². The molecule has 1 aliphatic rings. The zero-order valence-corrected chi connectivity index (χ0v) is 14.9. The molecule has 1 aromatic carbocycles. The lowest BCUT2D eigenvalue weighted by Crippen LogP contribution is -2.37. The summed E-state index contributed by atoms with van der Waals surface area (Å²) in [7, 11) is -2.43. The van der Waals surface area contributed by atoms with Crippen LogP contribution < -0.4 is 4.74 Å². The summed E-state index contributed by atoms with van der Waals surface area (Å²) in [5.74, 6) is -0.0108. The Kier molecular flexibility index (Phi) is 5.28. The van der Waals surface area contributed by atoms with E-state index >= 15 is 0 Å². The summed E-state index contributed by atoms with van der Waals surface area (Å²) >= 11 is 0. The molecule has 0 spiro atoms. The number of allylic oxidation sites excluding steroid dienone is 1. The Labute approximate surface area is 141 Å². The van der Waals surface area contributed by atoms with Crippen molar-refractivity contribution in [3.8, 4) is 5.75 Å². The van der Waals surface area contributed by atoms with Gasteiger partial charge in [0.15, 0.2) is 0 Å². The van der Waals surface area contributed by atoms with E-state index < -0.39 is 16.2 Å². The summed E-state index contributed by atoms with van der Waals surface area (Å²) < 4.78 is 39.7. The standard InChI is InChI=1S/C16H20N2O5S/c1-5-18-14(16(19)23-6-2)10-13(17-24(18,20)21)12-7-8-15(22-4)11(3)9-12/h7-10H,5-6H2,1-4H3. The van der Waals surface area contributed by atoms with Crippen LogP contribution in [0.3, 0.4) is 0 Å². The van der Waals surface area contributed by atoms with Crippen LogP contribution in [0.4, 0.5) is 0 Å². The third-order valence-electron chi connectivity index (χ3n) is 3.50. The SMILES string of the molecule is CCOC(=O)C1=CC(c2ccc(OC)c(C)c2)=NS(=O)(=O)N1CC. The van der Waals surface area contributed by atoms with Gasteiger partial charge in [0.1, 0.15) is 11.4 Å². The average Bonchev–Trinajstić information content (AvgIpc) is 2.53. The molecule has 0 fully saturated rings. The lowest BCUT2D eigenvalue weighted by molar-refractivity contribution is -0.139. The van der Waals surface area contributed by atoms with E-state index in [1.165, 1.54) is 6.08 Å². The van der Waals surface area contributed by atoms with Crippen LogP contribution >= 0.6 is 0 Å². The first-order valence-electron chi connectivity index (χ1n) is 7.50. The molecule has 0 atom stereocenters. The lowest BCUT2D eigenvalue weighted by Gasteiger charge is -2.25. The highest BCUT2D eigenvalue weighted by Crippen LogP contribution is 2.24. The second kappa shape index (κ2) is 7.04. The van der Waals surface area contributed by atoms with Crippen molar-refractivity contribution in [2.45, 2.75) is 20.8 Å². The van der Waals surface area contributed by atoms with Crippen LogP contribution in [0.25, 0.3) is 0 Å². The second-order valence-electron chi connectivity index (χ2n) is 5.05. The summed E-state index contributed by atoms with van der Waals surface area (Å²) in [5, 5.41) is 0.